The van der Waals surface area contributed by atoms with E-state index in [4.69, 9.17) is 0 Å². The van der Waals surface area contributed by atoms with Crippen LogP contribution in [0.1, 0.15) is 5.82 Å². The van der Waals surface area contributed by atoms with Crippen LogP contribution in [0, 0.1) is 11.6 Å². The minimum Gasteiger partial charge on any atom is -0.347 e. The summed E-state index contributed by atoms with van der Waals surface area (Å²) in [5.74, 6) is 0.612. The van der Waals surface area contributed by atoms with Crippen molar-refractivity contribution in [2.45, 2.75) is 6.54 Å². The van der Waals surface area contributed by atoms with Crippen molar-refractivity contribution in [1.82, 2.24) is 24.9 Å². The first-order valence-corrected chi connectivity index (χ1v) is 8.95. The standard InChI is InChI=1S/C20H16F2N8.ClH/c21-13-2-6-15(7-3-13)26-19-28-18(25-12-17-23-10-1-11-24-17)29-20(30-19)27-16-8-4-14(22)5-9-16;/h1-11H,12H2,(H3,25,26,27,28,29,30);1H. The summed E-state index contributed by atoms with van der Waals surface area (Å²) in [6.07, 6.45) is 3.28. The molecule has 0 amide bonds. The number of nitrogens with zero attached hydrogens (tertiary/aromatic N) is 5. The fourth-order valence-corrected chi connectivity index (χ4v) is 2.47. The predicted molar refractivity (Wildman–Crippen MR) is 116 cm³/mol. The largest absolute Gasteiger partial charge is 0.347 e. The van der Waals surface area contributed by atoms with Gasteiger partial charge in [-0.1, -0.05) is 0 Å². The second kappa shape index (κ2) is 10.2. The molecule has 0 unspecified atom stereocenters. The molecule has 158 valence electrons. The smallest absolute Gasteiger partial charge is 0.233 e. The number of halogens is 3. The maximum Gasteiger partial charge on any atom is 0.233 e. The third-order valence-electron chi connectivity index (χ3n) is 3.86. The molecule has 0 fully saturated rings. The molecule has 3 N–H and O–H groups in total. The molecule has 4 rings (SSSR count). The maximum atomic E-state index is 13.2. The van der Waals surface area contributed by atoms with Crippen molar-refractivity contribution < 1.29 is 8.78 Å². The molecule has 2 aromatic carbocycles. The Morgan fingerprint density at radius 1 is 0.645 bits per heavy atom. The summed E-state index contributed by atoms with van der Waals surface area (Å²) in [5, 5.41) is 9.05. The SMILES string of the molecule is Cl.Fc1ccc(Nc2nc(NCc3ncccn3)nc(Nc3ccc(F)cc3)n2)cc1. The summed E-state index contributed by atoms with van der Waals surface area (Å²) >= 11 is 0. The zero-order valence-corrected chi connectivity index (χ0v) is 16.8. The molecule has 31 heavy (non-hydrogen) atoms. The Morgan fingerprint density at radius 2 is 1.10 bits per heavy atom. The van der Waals surface area contributed by atoms with Crippen molar-refractivity contribution in [3.05, 3.63) is 84.4 Å². The Kier molecular flexibility index (Phi) is 7.17. The molecule has 0 aliphatic heterocycles. The van der Waals surface area contributed by atoms with Crippen LogP contribution >= 0.6 is 12.4 Å². The first-order chi connectivity index (χ1) is 14.6. The van der Waals surface area contributed by atoms with E-state index in [0.29, 0.717) is 23.7 Å². The number of rotatable bonds is 7. The summed E-state index contributed by atoms with van der Waals surface area (Å²) in [5.41, 5.74) is 1.21. The van der Waals surface area contributed by atoms with Crippen molar-refractivity contribution in [1.29, 1.82) is 0 Å². The fraction of sp³-hybridized carbons (Fsp3) is 0.0500. The molecule has 0 aliphatic carbocycles. The first kappa shape index (κ1) is 21.8. The third-order valence-corrected chi connectivity index (χ3v) is 3.86. The molecule has 8 nitrogen and oxygen atoms in total. The average molecular weight is 443 g/mol. The van der Waals surface area contributed by atoms with Crippen LogP contribution in [0.4, 0.5) is 38.0 Å². The molecular formula is C20H17ClF2N8. The average Bonchev–Trinajstić information content (AvgIpc) is 2.76. The zero-order valence-electron chi connectivity index (χ0n) is 16.0. The molecule has 0 atom stereocenters. The summed E-state index contributed by atoms with van der Waals surface area (Å²) in [6.45, 7) is 0.302. The lowest BCUT2D eigenvalue weighted by Crippen LogP contribution is -2.11. The molecule has 0 radical (unpaired) electrons. The van der Waals surface area contributed by atoms with Gasteiger partial charge in [0.25, 0.3) is 0 Å². The van der Waals surface area contributed by atoms with E-state index in [2.05, 4.69) is 40.9 Å². The van der Waals surface area contributed by atoms with Crippen LogP contribution in [0.5, 0.6) is 0 Å². The highest BCUT2D eigenvalue weighted by molar-refractivity contribution is 5.85. The van der Waals surface area contributed by atoms with E-state index in [1.165, 1.54) is 24.3 Å². The molecule has 0 aliphatic rings. The second-order valence-corrected chi connectivity index (χ2v) is 6.09. The van der Waals surface area contributed by atoms with E-state index >= 15 is 0 Å². The van der Waals surface area contributed by atoms with Gasteiger partial charge in [-0.05, 0) is 54.6 Å². The van der Waals surface area contributed by atoms with Gasteiger partial charge in [-0.2, -0.15) is 15.0 Å². The molecule has 4 aromatic rings. The third kappa shape index (κ3) is 6.28. The highest BCUT2D eigenvalue weighted by Gasteiger charge is 2.09. The van der Waals surface area contributed by atoms with Crippen LogP contribution in [0.2, 0.25) is 0 Å². The maximum absolute atomic E-state index is 13.2. The van der Waals surface area contributed by atoms with Crippen LogP contribution in [0.25, 0.3) is 0 Å². The van der Waals surface area contributed by atoms with Gasteiger partial charge in [-0.3, -0.25) is 0 Å². The second-order valence-electron chi connectivity index (χ2n) is 6.09. The zero-order chi connectivity index (χ0) is 20.8. The number of benzene rings is 2. The molecular weight excluding hydrogens is 426 g/mol. The topological polar surface area (TPSA) is 101 Å². The molecule has 0 saturated heterocycles. The Bertz CT molecular complexity index is 1050. The van der Waals surface area contributed by atoms with Gasteiger partial charge in [-0.25, -0.2) is 18.7 Å². The van der Waals surface area contributed by atoms with Gasteiger partial charge in [0.15, 0.2) is 0 Å². The number of aromatic nitrogens is 5. The van der Waals surface area contributed by atoms with E-state index in [0.717, 1.165) is 0 Å². The quantitative estimate of drug-likeness (QED) is 0.385. The minimum absolute atomic E-state index is 0. The van der Waals surface area contributed by atoms with Crippen LogP contribution in [-0.2, 0) is 6.54 Å². The van der Waals surface area contributed by atoms with E-state index < -0.39 is 0 Å². The van der Waals surface area contributed by atoms with Crippen molar-refractivity contribution in [2.75, 3.05) is 16.0 Å². The van der Waals surface area contributed by atoms with Gasteiger partial charge in [-0.15, -0.1) is 12.4 Å². The molecule has 11 heteroatoms. The molecule has 2 heterocycles. The van der Waals surface area contributed by atoms with Crippen molar-refractivity contribution >= 4 is 41.6 Å². The molecule has 2 aromatic heterocycles. The van der Waals surface area contributed by atoms with Crippen LogP contribution < -0.4 is 16.0 Å². The number of nitrogens with one attached hydrogen (secondary N) is 3. The van der Waals surface area contributed by atoms with Gasteiger partial charge < -0.3 is 16.0 Å². The van der Waals surface area contributed by atoms with E-state index in [1.807, 2.05) is 0 Å². The van der Waals surface area contributed by atoms with E-state index in [1.54, 1.807) is 42.7 Å². The molecule has 0 saturated carbocycles. The van der Waals surface area contributed by atoms with E-state index in [9.17, 15) is 8.78 Å². The van der Waals surface area contributed by atoms with Crippen molar-refractivity contribution in [3.8, 4) is 0 Å². The van der Waals surface area contributed by atoms with Crippen molar-refractivity contribution in [2.24, 2.45) is 0 Å². The van der Waals surface area contributed by atoms with E-state index in [-0.39, 0.29) is 41.9 Å². The van der Waals surface area contributed by atoms with Gasteiger partial charge in [0.2, 0.25) is 17.8 Å². The van der Waals surface area contributed by atoms with Gasteiger partial charge in [0, 0.05) is 23.8 Å². The Morgan fingerprint density at radius 3 is 1.58 bits per heavy atom. The molecule has 0 spiro atoms. The van der Waals surface area contributed by atoms with Crippen LogP contribution in [0.3, 0.4) is 0 Å². The lowest BCUT2D eigenvalue weighted by atomic mass is 10.3. The Labute approximate surface area is 182 Å². The highest BCUT2D eigenvalue weighted by atomic mass is 35.5. The summed E-state index contributed by atoms with van der Waals surface area (Å²) in [7, 11) is 0. The number of anilines is 5. The lowest BCUT2D eigenvalue weighted by molar-refractivity contribution is 0.627. The predicted octanol–water partition coefficient (Wildman–Crippen LogP) is 4.46. The highest BCUT2D eigenvalue weighted by Crippen LogP contribution is 2.19. The minimum atomic E-state index is -0.347. The number of hydrogen-bond acceptors (Lipinski definition) is 8. The Hall–Kier alpha value is -3.92. The fourth-order valence-electron chi connectivity index (χ4n) is 2.47. The van der Waals surface area contributed by atoms with Crippen LogP contribution in [-0.4, -0.2) is 24.9 Å². The van der Waals surface area contributed by atoms with Gasteiger partial charge in [0.05, 0.1) is 6.54 Å². The Balaban J connectivity index is 0.00000272. The summed E-state index contributed by atoms with van der Waals surface area (Å²) < 4.78 is 26.3. The van der Waals surface area contributed by atoms with Gasteiger partial charge >= 0.3 is 0 Å². The lowest BCUT2D eigenvalue weighted by Gasteiger charge is -2.11. The first-order valence-electron chi connectivity index (χ1n) is 8.95. The normalized spacial score (nSPS) is 10.1. The molecule has 0 bridgehead atoms. The summed E-state index contributed by atoms with van der Waals surface area (Å²) in [4.78, 5) is 21.3. The monoisotopic (exact) mass is 442 g/mol. The summed E-state index contributed by atoms with van der Waals surface area (Å²) in [6, 6.07) is 13.3. The van der Waals surface area contributed by atoms with Crippen molar-refractivity contribution in [3.63, 3.8) is 0 Å². The van der Waals surface area contributed by atoms with Gasteiger partial charge in [0.1, 0.15) is 17.5 Å². The van der Waals surface area contributed by atoms with Crippen LogP contribution in [0.15, 0.2) is 67.0 Å². The number of hydrogen-bond donors (Lipinski definition) is 3.